The fraction of sp³-hybridized carbons (Fsp3) is 0.500. The second-order valence-corrected chi connectivity index (χ2v) is 6.72. The van der Waals surface area contributed by atoms with Gasteiger partial charge in [-0.25, -0.2) is 9.78 Å². The van der Waals surface area contributed by atoms with Crippen LogP contribution in [0.15, 0.2) is 16.5 Å². The van der Waals surface area contributed by atoms with Gasteiger partial charge in [-0.1, -0.05) is 25.6 Å². The Hall–Kier alpha value is -1.34. The summed E-state index contributed by atoms with van der Waals surface area (Å²) >= 11 is 2.96. The second kappa shape index (κ2) is 7.09. The van der Waals surface area contributed by atoms with Crippen molar-refractivity contribution < 1.29 is 14.3 Å². The zero-order valence-electron chi connectivity index (χ0n) is 12.3. The standard InChI is InChI=1S/C14H18N2O3S2/c1-4-19-13(18)5-12-16(11(17)8-20-12)6-10-7-21-14(15-10)9(2)3/h5,7,9H,4,6,8H2,1-3H3. The third-order valence-corrected chi connectivity index (χ3v) is 5.04. The monoisotopic (exact) mass is 326 g/mol. The SMILES string of the molecule is CCOC(=O)C=C1SCC(=O)N1Cc1csc(C(C)C)n1. The lowest BCUT2D eigenvalue weighted by Gasteiger charge is -2.15. The van der Waals surface area contributed by atoms with Gasteiger partial charge >= 0.3 is 5.97 Å². The summed E-state index contributed by atoms with van der Waals surface area (Å²) in [6.45, 7) is 6.66. The highest BCUT2D eigenvalue weighted by Gasteiger charge is 2.28. The molecule has 0 N–H and O–H groups in total. The number of nitrogens with zero attached hydrogens (tertiary/aromatic N) is 2. The quantitative estimate of drug-likeness (QED) is 0.615. The predicted molar refractivity (Wildman–Crippen MR) is 83.9 cm³/mol. The molecule has 7 heteroatoms. The molecule has 0 bridgehead atoms. The summed E-state index contributed by atoms with van der Waals surface area (Å²) in [4.78, 5) is 29.6. The van der Waals surface area contributed by atoms with Crippen molar-refractivity contribution in [2.75, 3.05) is 12.4 Å². The van der Waals surface area contributed by atoms with Crippen molar-refractivity contribution >= 4 is 35.0 Å². The summed E-state index contributed by atoms with van der Waals surface area (Å²) in [5, 5.41) is 3.66. The Balaban J connectivity index is 2.11. The van der Waals surface area contributed by atoms with Crippen molar-refractivity contribution in [3.63, 3.8) is 0 Å². The number of esters is 1. The third-order valence-electron chi connectivity index (χ3n) is 2.82. The molecule has 0 unspecified atom stereocenters. The van der Waals surface area contributed by atoms with Crippen molar-refractivity contribution in [2.24, 2.45) is 0 Å². The van der Waals surface area contributed by atoms with Gasteiger partial charge in [-0.2, -0.15) is 0 Å². The van der Waals surface area contributed by atoms with E-state index in [0.29, 0.717) is 29.9 Å². The lowest BCUT2D eigenvalue weighted by atomic mass is 10.2. The lowest BCUT2D eigenvalue weighted by Crippen LogP contribution is -2.24. The molecule has 1 aliphatic heterocycles. The van der Waals surface area contributed by atoms with Crippen LogP contribution in [0.3, 0.4) is 0 Å². The number of thiazole rings is 1. The first-order chi connectivity index (χ1) is 10.0. The van der Waals surface area contributed by atoms with Crippen LogP contribution in [0, 0.1) is 0 Å². The molecule has 0 atom stereocenters. The largest absolute Gasteiger partial charge is 0.463 e. The summed E-state index contributed by atoms with van der Waals surface area (Å²) in [5.41, 5.74) is 0.856. The molecule has 1 saturated heterocycles. The first kappa shape index (κ1) is 16.0. The fourth-order valence-corrected chi connectivity index (χ4v) is 3.56. The Morgan fingerprint density at radius 3 is 2.95 bits per heavy atom. The van der Waals surface area contributed by atoms with Crippen LogP contribution in [-0.2, 0) is 20.9 Å². The maximum absolute atomic E-state index is 12.0. The average Bonchev–Trinajstić information content (AvgIpc) is 3.01. The number of ether oxygens (including phenoxy) is 1. The summed E-state index contributed by atoms with van der Waals surface area (Å²) in [6, 6.07) is 0. The summed E-state index contributed by atoms with van der Waals surface area (Å²) in [7, 11) is 0. The molecule has 1 amide bonds. The van der Waals surface area contributed by atoms with Crippen LogP contribution < -0.4 is 0 Å². The number of thioether (sulfide) groups is 1. The second-order valence-electron chi connectivity index (χ2n) is 4.83. The van der Waals surface area contributed by atoms with Crippen LogP contribution in [0.1, 0.15) is 37.4 Å². The van der Waals surface area contributed by atoms with Crippen LogP contribution >= 0.6 is 23.1 Å². The molecule has 1 aromatic heterocycles. The highest BCUT2D eigenvalue weighted by molar-refractivity contribution is 8.04. The molecule has 2 heterocycles. The minimum absolute atomic E-state index is 0.00496. The zero-order chi connectivity index (χ0) is 15.4. The number of carbonyl (C=O) groups is 2. The van der Waals surface area contributed by atoms with Crippen LogP contribution in [0.5, 0.6) is 0 Å². The van der Waals surface area contributed by atoms with Crippen molar-refractivity contribution in [1.82, 2.24) is 9.88 Å². The number of rotatable bonds is 5. The van der Waals surface area contributed by atoms with Crippen LogP contribution in [0.25, 0.3) is 0 Å². The molecule has 0 aliphatic carbocycles. The molecule has 2 rings (SSSR count). The van der Waals surface area contributed by atoms with E-state index in [0.717, 1.165) is 10.7 Å². The molecule has 0 saturated carbocycles. The molecule has 114 valence electrons. The molecule has 1 aromatic rings. The lowest BCUT2D eigenvalue weighted by molar-refractivity contribution is -0.137. The van der Waals surface area contributed by atoms with Gasteiger partial charge in [0.25, 0.3) is 0 Å². The smallest absolute Gasteiger partial charge is 0.333 e. The van der Waals surface area contributed by atoms with Gasteiger partial charge in [-0.05, 0) is 6.92 Å². The first-order valence-electron chi connectivity index (χ1n) is 6.77. The van der Waals surface area contributed by atoms with E-state index in [4.69, 9.17) is 4.74 Å². The zero-order valence-corrected chi connectivity index (χ0v) is 13.9. The molecular formula is C14H18N2O3S2. The van der Waals surface area contributed by atoms with Crippen molar-refractivity contribution in [3.05, 3.63) is 27.2 Å². The first-order valence-corrected chi connectivity index (χ1v) is 8.63. The van der Waals surface area contributed by atoms with Gasteiger partial charge in [0.2, 0.25) is 5.91 Å². The van der Waals surface area contributed by atoms with Gasteiger partial charge in [-0.15, -0.1) is 11.3 Å². The van der Waals surface area contributed by atoms with E-state index in [1.165, 1.54) is 17.8 Å². The van der Waals surface area contributed by atoms with Gasteiger partial charge in [0, 0.05) is 11.3 Å². The van der Waals surface area contributed by atoms with Crippen molar-refractivity contribution in [2.45, 2.75) is 33.2 Å². The molecule has 1 fully saturated rings. The Labute approximate surface area is 132 Å². The number of hydrogen-bond donors (Lipinski definition) is 0. The van der Waals surface area contributed by atoms with Gasteiger partial charge in [-0.3, -0.25) is 9.69 Å². The maximum atomic E-state index is 12.0. The molecule has 1 aliphatic rings. The van der Waals surface area contributed by atoms with E-state index in [2.05, 4.69) is 18.8 Å². The fourth-order valence-electron chi connectivity index (χ4n) is 1.81. The Morgan fingerprint density at radius 1 is 1.57 bits per heavy atom. The van der Waals surface area contributed by atoms with Crippen LogP contribution in [0.4, 0.5) is 0 Å². The molecular weight excluding hydrogens is 308 g/mol. The van der Waals surface area contributed by atoms with E-state index in [-0.39, 0.29) is 5.91 Å². The van der Waals surface area contributed by atoms with E-state index in [9.17, 15) is 9.59 Å². The minimum Gasteiger partial charge on any atom is -0.463 e. The van der Waals surface area contributed by atoms with Crippen molar-refractivity contribution in [3.8, 4) is 0 Å². The summed E-state index contributed by atoms with van der Waals surface area (Å²) < 4.78 is 4.89. The molecule has 5 nitrogen and oxygen atoms in total. The van der Waals surface area contributed by atoms with Crippen LogP contribution in [-0.4, -0.2) is 34.1 Å². The van der Waals surface area contributed by atoms with Gasteiger partial charge < -0.3 is 4.74 Å². The Bertz CT molecular complexity index is 566. The third kappa shape index (κ3) is 4.07. The van der Waals surface area contributed by atoms with E-state index < -0.39 is 5.97 Å². The van der Waals surface area contributed by atoms with Crippen molar-refractivity contribution in [1.29, 1.82) is 0 Å². The van der Waals surface area contributed by atoms with E-state index in [1.54, 1.807) is 23.2 Å². The number of amides is 1. The Morgan fingerprint density at radius 2 is 2.33 bits per heavy atom. The predicted octanol–water partition coefficient (Wildman–Crippen LogP) is 2.75. The van der Waals surface area contributed by atoms with E-state index >= 15 is 0 Å². The van der Waals surface area contributed by atoms with Gasteiger partial charge in [0.1, 0.15) is 0 Å². The van der Waals surface area contributed by atoms with E-state index in [1.807, 2.05) is 5.38 Å². The topological polar surface area (TPSA) is 59.5 Å². The normalized spacial score (nSPS) is 17.0. The minimum atomic E-state index is -0.416. The highest BCUT2D eigenvalue weighted by atomic mass is 32.2. The molecule has 0 spiro atoms. The summed E-state index contributed by atoms with van der Waals surface area (Å²) in [6.07, 6.45) is 1.38. The van der Waals surface area contributed by atoms with Crippen LogP contribution in [0.2, 0.25) is 0 Å². The van der Waals surface area contributed by atoms with Gasteiger partial charge in [0.05, 0.1) is 40.7 Å². The number of carbonyl (C=O) groups excluding carboxylic acids is 2. The van der Waals surface area contributed by atoms with Gasteiger partial charge in [0.15, 0.2) is 0 Å². The maximum Gasteiger partial charge on any atom is 0.333 e. The average molecular weight is 326 g/mol. The highest BCUT2D eigenvalue weighted by Crippen LogP contribution is 2.31. The molecule has 21 heavy (non-hydrogen) atoms. The number of aromatic nitrogens is 1. The summed E-state index contributed by atoms with van der Waals surface area (Å²) in [5.74, 6) is 0.310. The molecule has 0 aromatic carbocycles. The molecule has 0 radical (unpaired) electrons. The number of hydrogen-bond acceptors (Lipinski definition) is 6. The Kier molecular flexibility index (Phi) is 5.41.